The highest BCUT2D eigenvalue weighted by atomic mass is 16.5. The first-order valence-corrected chi connectivity index (χ1v) is 8.87. The summed E-state index contributed by atoms with van der Waals surface area (Å²) in [5.41, 5.74) is 3.16. The van der Waals surface area contributed by atoms with Crippen LogP contribution >= 0.6 is 0 Å². The van der Waals surface area contributed by atoms with Gasteiger partial charge in [0.25, 0.3) is 0 Å². The lowest BCUT2D eigenvalue weighted by Gasteiger charge is -2.11. The van der Waals surface area contributed by atoms with E-state index in [0.29, 0.717) is 36.0 Å². The number of carboxylic acids is 1. The molecule has 0 unspecified atom stereocenters. The lowest BCUT2D eigenvalue weighted by atomic mass is 10.0. The average molecular weight is 369 g/mol. The first-order valence-electron chi connectivity index (χ1n) is 8.87. The fourth-order valence-electron chi connectivity index (χ4n) is 3.16. The van der Waals surface area contributed by atoms with E-state index in [1.54, 1.807) is 7.11 Å². The minimum absolute atomic E-state index is 0.0968. The Kier molecular flexibility index (Phi) is 5.54. The Morgan fingerprint density at radius 1 is 1.04 bits per heavy atom. The van der Waals surface area contributed by atoms with E-state index in [4.69, 9.17) is 14.2 Å². The molecule has 0 radical (unpaired) electrons. The maximum atomic E-state index is 11.5. The van der Waals surface area contributed by atoms with Gasteiger partial charge in [-0.25, -0.2) is 0 Å². The predicted molar refractivity (Wildman–Crippen MR) is 104 cm³/mol. The van der Waals surface area contributed by atoms with Crippen LogP contribution in [0.5, 0.6) is 17.2 Å². The highest BCUT2D eigenvalue weighted by Gasteiger charge is 2.18. The van der Waals surface area contributed by atoms with E-state index in [2.05, 4.69) is 4.98 Å². The van der Waals surface area contributed by atoms with Crippen molar-refractivity contribution < 1.29 is 24.1 Å². The van der Waals surface area contributed by atoms with Crippen LogP contribution in [-0.2, 0) is 11.2 Å². The SMILES string of the molecule is CCOc1ccc2[nH]c(-c3ccc(OCC)c(OC)c3)c(CC(=O)O)c2c1. The molecule has 0 saturated heterocycles. The predicted octanol–water partition coefficient (Wildman–Crippen LogP) is 4.27. The normalized spacial score (nSPS) is 10.8. The van der Waals surface area contributed by atoms with Gasteiger partial charge in [0.1, 0.15) is 5.75 Å². The van der Waals surface area contributed by atoms with E-state index < -0.39 is 5.97 Å². The van der Waals surface area contributed by atoms with E-state index in [-0.39, 0.29) is 6.42 Å². The van der Waals surface area contributed by atoms with Gasteiger partial charge in [-0.1, -0.05) is 0 Å². The van der Waals surface area contributed by atoms with Gasteiger partial charge in [0, 0.05) is 16.5 Å². The van der Waals surface area contributed by atoms with Gasteiger partial charge in [0.15, 0.2) is 11.5 Å². The number of methoxy groups -OCH3 is 1. The Morgan fingerprint density at radius 3 is 2.48 bits per heavy atom. The van der Waals surface area contributed by atoms with Crippen molar-refractivity contribution in [2.75, 3.05) is 20.3 Å². The lowest BCUT2D eigenvalue weighted by Crippen LogP contribution is -2.01. The van der Waals surface area contributed by atoms with Crippen LogP contribution in [0.4, 0.5) is 0 Å². The largest absolute Gasteiger partial charge is 0.494 e. The van der Waals surface area contributed by atoms with Crippen molar-refractivity contribution >= 4 is 16.9 Å². The van der Waals surface area contributed by atoms with E-state index in [0.717, 1.165) is 22.2 Å². The van der Waals surface area contributed by atoms with Crippen LogP contribution in [0.3, 0.4) is 0 Å². The first kappa shape index (κ1) is 18.6. The van der Waals surface area contributed by atoms with Crippen LogP contribution < -0.4 is 14.2 Å². The van der Waals surface area contributed by atoms with Crippen LogP contribution in [0.2, 0.25) is 0 Å². The molecule has 0 aliphatic rings. The number of carboxylic acid groups (broad SMARTS) is 1. The summed E-state index contributed by atoms with van der Waals surface area (Å²) in [5, 5.41) is 10.3. The zero-order valence-electron chi connectivity index (χ0n) is 15.7. The quantitative estimate of drug-likeness (QED) is 0.620. The lowest BCUT2D eigenvalue weighted by molar-refractivity contribution is -0.136. The molecule has 2 aromatic carbocycles. The number of hydrogen-bond acceptors (Lipinski definition) is 4. The zero-order valence-corrected chi connectivity index (χ0v) is 15.7. The van der Waals surface area contributed by atoms with Gasteiger partial charge >= 0.3 is 5.97 Å². The van der Waals surface area contributed by atoms with E-state index in [1.165, 1.54) is 0 Å². The molecule has 1 heterocycles. The zero-order chi connectivity index (χ0) is 19.4. The number of carbonyl (C=O) groups is 1. The summed E-state index contributed by atoms with van der Waals surface area (Å²) < 4.78 is 16.6. The molecule has 0 aliphatic heterocycles. The molecule has 27 heavy (non-hydrogen) atoms. The topological polar surface area (TPSA) is 80.8 Å². The molecule has 3 rings (SSSR count). The van der Waals surface area contributed by atoms with Gasteiger partial charge in [-0.3, -0.25) is 4.79 Å². The molecule has 0 aliphatic carbocycles. The molecule has 0 amide bonds. The molecule has 6 heteroatoms. The first-order chi connectivity index (χ1) is 13.1. The monoisotopic (exact) mass is 369 g/mol. The molecule has 0 fully saturated rings. The van der Waals surface area contributed by atoms with Crippen molar-refractivity contribution in [1.82, 2.24) is 4.98 Å². The summed E-state index contributed by atoms with van der Waals surface area (Å²) in [6.07, 6.45) is -0.0968. The fourth-order valence-corrected chi connectivity index (χ4v) is 3.16. The van der Waals surface area contributed by atoms with E-state index in [9.17, 15) is 9.90 Å². The second kappa shape index (κ2) is 8.03. The van der Waals surface area contributed by atoms with Crippen molar-refractivity contribution in [2.45, 2.75) is 20.3 Å². The number of fused-ring (bicyclic) bond motifs is 1. The smallest absolute Gasteiger partial charge is 0.307 e. The molecular weight excluding hydrogens is 346 g/mol. The summed E-state index contributed by atoms with van der Waals surface area (Å²) in [6, 6.07) is 11.2. The summed E-state index contributed by atoms with van der Waals surface area (Å²) in [7, 11) is 1.58. The van der Waals surface area contributed by atoms with Gasteiger partial charge in [-0.2, -0.15) is 0 Å². The molecule has 3 aromatic rings. The Labute approximate surface area is 157 Å². The van der Waals surface area contributed by atoms with Crippen molar-refractivity contribution in [3.8, 4) is 28.5 Å². The number of hydrogen-bond donors (Lipinski definition) is 2. The number of ether oxygens (including phenoxy) is 3. The summed E-state index contributed by atoms with van der Waals surface area (Å²) in [6.45, 7) is 4.91. The molecular formula is C21H23NO5. The second-order valence-electron chi connectivity index (χ2n) is 5.99. The molecule has 0 atom stereocenters. The number of rotatable bonds is 8. The molecule has 0 bridgehead atoms. The third-order valence-corrected chi connectivity index (χ3v) is 4.27. The van der Waals surface area contributed by atoms with Crippen LogP contribution in [0.25, 0.3) is 22.2 Å². The van der Waals surface area contributed by atoms with Crippen LogP contribution in [0.1, 0.15) is 19.4 Å². The Balaban J connectivity index is 2.16. The van der Waals surface area contributed by atoms with Gasteiger partial charge in [0.05, 0.1) is 32.4 Å². The third kappa shape index (κ3) is 3.84. The highest BCUT2D eigenvalue weighted by molar-refractivity contribution is 5.95. The summed E-state index contributed by atoms with van der Waals surface area (Å²) in [5.74, 6) is 1.07. The van der Waals surface area contributed by atoms with Gasteiger partial charge in [-0.15, -0.1) is 0 Å². The van der Waals surface area contributed by atoms with Crippen LogP contribution in [0.15, 0.2) is 36.4 Å². The molecule has 0 saturated carbocycles. The maximum absolute atomic E-state index is 11.5. The number of aromatic amines is 1. The van der Waals surface area contributed by atoms with Crippen molar-refractivity contribution in [1.29, 1.82) is 0 Å². The van der Waals surface area contributed by atoms with Gasteiger partial charge < -0.3 is 24.3 Å². The summed E-state index contributed by atoms with van der Waals surface area (Å²) >= 11 is 0. The fraction of sp³-hybridized carbons (Fsp3) is 0.286. The van der Waals surface area contributed by atoms with Crippen LogP contribution in [0, 0.1) is 0 Å². The maximum Gasteiger partial charge on any atom is 0.307 e. The Morgan fingerprint density at radius 2 is 1.81 bits per heavy atom. The third-order valence-electron chi connectivity index (χ3n) is 4.27. The number of benzene rings is 2. The molecule has 0 spiro atoms. The number of aliphatic carboxylic acids is 1. The van der Waals surface area contributed by atoms with Gasteiger partial charge in [0.2, 0.25) is 0 Å². The van der Waals surface area contributed by atoms with E-state index >= 15 is 0 Å². The molecule has 2 N–H and O–H groups in total. The van der Waals surface area contributed by atoms with Crippen molar-refractivity contribution in [2.24, 2.45) is 0 Å². The number of nitrogens with one attached hydrogen (secondary N) is 1. The number of aromatic nitrogens is 1. The number of H-pyrrole nitrogens is 1. The average Bonchev–Trinajstić information content (AvgIpc) is 3.00. The minimum Gasteiger partial charge on any atom is -0.494 e. The van der Waals surface area contributed by atoms with Gasteiger partial charge in [-0.05, 0) is 55.8 Å². The summed E-state index contributed by atoms with van der Waals surface area (Å²) in [4.78, 5) is 14.8. The molecule has 1 aromatic heterocycles. The molecule has 142 valence electrons. The molecule has 6 nitrogen and oxygen atoms in total. The van der Waals surface area contributed by atoms with Crippen molar-refractivity contribution in [3.63, 3.8) is 0 Å². The minimum atomic E-state index is -0.892. The van der Waals surface area contributed by atoms with Crippen molar-refractivity contribution in [3.05, 3.63) is 42.0 Å². The Bertz CT molecular complexity index is 961. The standard InChI is InChI=1S/C21H23NO5/c1-4-26-14-7-8-17-15(11-14)16(12-20(23)24)21(22-17)13-6-9-18(27-5-2)19(10-13)25-3/h6-11,22H,4-5,12H2,1-3H3,(H,23,24). The van der Waals surface area contributed by atoms with E-state index in [1.807, 2.05) is 50.2 Å². The van der Waals surface area contributed by atoms with Crippen LogP contribution in [-0.4, -0.2) is 36.4 Å². The Hall–Kier alpha value is -3.15. The highest BCUT2D eigenvalue weighted by Crippen LogP contribution is 2.37. The second-order valence-corrected chi connectivity index (χ2v) is 5.99.